The number of carbonyl (C=O) groups is 1. The van der Waals surface area contributed by atoms with Gasteiger partial charge >= 0.3 is 0 Å². The first-order chi connectivity index (χ1) is 12.9. The van der Waals surface area contributed by atoms with Crippen molar-refractivity contribution in [3.63, 3.8) is 0 Å². The minimum absolute atomic E-state index is 0.109. The molecule has 1 aromatic heterocycles. The van der Waals surface area contributed by atoms with Crippen LogP contribution in [0.25, 0.3) is 0 Å². The second-order valence-corrected chi connectivity index (χ2v) is 6.57. The fourth-order valence-corrected chi connectivity index (χ4v) is 2.95. The molecule has 144 valence electrons. The van der Waals surface area contributed by atoms with Crippen LogP contribution in [-0.4, -0.2) is 42.2 Å². The Bertz CT molecular complexity index is 891. The number of aromatic nitrogens is 2. The van der Waals surface area contributed by atoms with Gasteiger partial charge in [0.2, 0.25) is 11.9 Å². The molecule has 0 unspecified atom stereocenters. The van der Waals surface area contributed by atoms with Crippen LogP contribution in [-0.2, 0) is 16.0 Å². The Labute approximate surface area is 156 Å². The largest absolute Gasteiger partial charge is 0.378 e. The van der Waals surface area contributed by atoms with Crippen molar-refractivity contribution >= 4 is 17.5 Å². The number of halogens is 1. The fourth-order valence-electron chi connectivity index (χ4n) is 2.95. The molecule has 0 bridgehead atoms. The Kier molecular flexibility index (Phi) is 5.85. The van der Waals surface area contributed by atoms with E-state index in [0.29, 0.717) is 54.8 Å². The van der Waals surface area contributed by atoms with E-state index < -0.39 is 0 Å². The molecular formula is C19H23FN4O3. The minimum atomic E-state index is -0.372. The van der Waals surface area contributed by atoms with Gasteiger partial charge in [0.1, 0.15) is 5.82 Å². The summed E-state index contributed by atoms with van der Waals surface area (Å²) in [6.45, 7) is 5.98. The number of rotatable bonds is 5. The van der Waals surface area contributed by atoms with Gasteiger partial charge in [-0.2, -0.15) is 0 Å². The molecule has 1 amide bonds. The maximum atomic E-state index is 13.6. The molecule has 0 radical (unpaired) electrons. The Morgan fingerprint density at radius 1 is 1.33 bits per heavy atom. The van der Waals surface area contributed by atoms with Gasteiger partial charge in [-0.15, -0.1) is 0 Å². The summed E-state index contributed by atoms with van der Waals surface area (Å²) in [5.74, 6) is -0.124. The molecule has 1 fully saturated rings. The number of ether oxygens (including phenoxy) is 1. The van der Waals surface area contributed by atoms with E-state index in [9.17, 15) is 14.0 Å². The Balaban J connectivity index is 1.64. The molecule has 2 heterocycles. The Hall–Kier alpha value is -2.74. The molecule has 27 heavy (non-hydrogen) atoms. The predicted molar refractivity (Wildman–Crippen MR) is 101 cm³/mol. The molecule has 1 aliphatic rings. The number of hydrogen-bond acceptors (Lipinski definition) is 5. The second-order valence-electron chi connectivity index (χ2n) is 6.57. The van der Waals surface area contributed by atoms with Crippen molar-refractivity contribution in [2.24, 2.45) is 0 Å². The first-order valence-corrected chi connectivity index (χ1v) is 8.92. The number of anilines is 2. The molecule has 2 N–H and O–H groups in total. The molecule has 0 atom stereocenters. The SMILES string of the molecule is Cc1ccc(NC(=O)CCc2c(C)nc(N3CCOCC3)[nH]c2=O)cc1F. The summed E-state index contributed by atoms with van der Waals surface area (Å²) in [6, 6.07) is 4.53. The van der Waals surface area contributed by atoms with Crippen molar-refractivity contribution in [1.82, 2.24) is 9.97 Å². The van der Waals surface area contributed by atoms with Gasteiger partial charge in [-0.05, 0) is 38.0 Å². The third-order valence-corrected chi connectivity index (χ3v) is 4.58. The molecule has 1 saturated heterocycles. The lowest BCUT2D eigenvalue weighted by molar-refractivity contribution is -0.116. The average Bonchev–Trinajstić information content (AvgIpc) is 2.64. The van der Waals surface area contributed by atoms with Crippen LogP contribution in [0.2, 0.25) is 0 Å². The fraction of sp³-hybridized carbons (Fsp3) is 0.421. The van der Waals surface area contributed by atoms with Gasteiger partial charge in [0.25, 0.3) is 5.56 Å². The number of nitrogens with one attached hydrogen (secondary N) is 2. The van der Waals surface area contributed by atoms with Gasteiger partial charge in [-0.3, -0.25) is 14.6 Å². The van der Waals surface area contributed by atoms with Crippen LogP contribution in [0.4, 0.5) is 16.0 Å². The minimum Gasteiger partial charge on any atom is -0.378 e. The number of nitrogens with zero attached hydrogens (tertiary/aromatic N) is 2. The lowest BCUT2D eigenvalue weighted by Gasteiger charge is -2.27. The van der Waals surface area contributed by atoms with Crippen molar-refractivity contribution < 1.29 is 13.9 Å². The summed E-state index contributed by atoms with van der Waals surface area (Å²) in [6.07, 6.45) is 0.371. The third-order valence-electron chi connectivity index (χ3n) is 4.58. The highest BCUT2D eigenvalue weighted by Crippen LogP contribution is 2.15. The summed E-state index contributed by atoms with van der Waals surface area (Å²) in [4.78, 5) is 33.8. The lowest BCUT2D eigenvalue weighted by atomic mass is 10.1. The van der Waals surface area contributed by atoms with Crippen LogP contribution in [0.3, 0.4) is 0 Å². The van der Waals surface area contributed by atoms with E-state index >= 15 is 0 Å². The van der Waals surface area contributed by atoms with E-state index in [1.165, 1.54) is 6.07 Å². The van der Waals surface area contributed by atoms with Crippen molar-refractivity contribution in [2.45, 2.75) is 26.7 Å². The smallest absolute Gasteiger partial charge is 0.255 e. The van der Waals surface area contributed by atoms with E-state index in [1.54, 1.807) is 26.0 Å². The van der Waals surface area contributed by atoms with E-state index in [0.717, 1.165) is 0 Å². The first-order valence-electron chi connectivity index (χ1n) is 8.92. The zero-order chi connectivity index (χ0) is 19.4. The van der Waals surface area contributed by atoms with Crippen LogP contribution >= 0.6 is 0 Å². The summed E-state index contributed by atoms with van der Waals surface area (Å²) in [5.41, 5.74) is 1.76. The summed E-state index contributed by atoms with van der Waals surface area (Å²) in [5, 5.41) is 2.65. The molecular weight excluding hydrogens is 351 g/mol. The zero-order valence-corrected chi connectivity index (χ0v) is 15.5. The highest BCUT2D eigenvalue weighted by Gasteiger charge is 2.17. The van der Waals surface area contributed by atoms with Gasteiger partial charge in [-0.25, -0.2) is 9.37 Å². The number of amides is 1. The highest BCUT2D eigenvalue weighted by molar-refractivity contribution is 5.90. The Morgan fingerprint density at radius 2 is 2.07 bits per heavy atom. The van der Waals surface area contributed by atoms with Crippen LogP contribution in [0, 0.1) is 19.7 Å². The predicted octanol–water partition coefficient (Wildman–Crippen LogP) is 1.93. The van der Waals surface area contributed by atoms with Crippen LogP contribution in [0.15, 0.2) is 23.0 Å². The van der Waals surface area contributed by atoms with E-state index in [2.05, 4.69) is 15.3 Å². The van der Waals surface area contributed by atoms with Crippen LogP contribution < -0.4 is 15.8 Å². The second kappa shape index (κ2) is 8.30. The topological polar surface area (TPSA) is 87.3 Å². The molecule has 0 aliphatic carbocycles. The third kappa shape index (κ3) is 4.71. The molecule has 1 aliphatic heterocycles. The normalized spacial score (nSPS) is 14.3. The number of H-pyrrole nitrogens is 1. The molecule has 8 heteroatoms. The standard InChI is InChI=1S/C19H23FN4O3/c1-12-3-4-14(11-16(12)20)22-17(25)6-5-15-13(2)21-19(23-18(15)26)24-7-9-27-10-8-24/h3-4,11H,5-10H2,1-2H3,(H,22,25)(H,21,23,26). The first kappa shape index (κ1) is 19.0. The zero-order valence-electron chi connectivity index (χ0n) is 15.5. The van der Waals surface area contributed by atoms with Crippen molar-refractivity contribution in [2.75, 3.05) is 36.5 Å². The monoisotopic (exact) mass is 374 g/mol. The van der Waals surface area contributed by atoms with Gasteiger partial charge in [0.15, 0.2) is 0 Å². The number of morpholine rings is 1. The van der Waals surface area contributed by atoms with E-state index in [1.807, 2.05) is 4.90 Å². The summed E-state index contributed by atoms with van der Waals surface area (Å²) >= 11 is 0. The number of aromatic amines is 1. The van der Waals surface area contributed by atoms with Crippen LogP contribution in [0.5, 0.6) is 0 Å². The summed E-state index contributed by atoms with van der Waals surface area (Å²) in [7, 11) is 0. The Morgan fingerprint density at radius 3 is 2.74 bits per heavy atom. The molecule has 2 aromatic rings. The van der Waals surface area contributed by atoms with E-state index in [4.69, 9.17) is 4.74 Å². The number of aryl methyl sites for hydroxylation is 2. The number of hydrogen-bond donors (Lipinski definition) is 2. The van der Waals surface area contributed by atoms with Gasteiger partial charge in [-0.1, -0.05) is 6.07 Å². The molecule has 0 spiro atoms. The average molecular weight is 374 g/mol. The maximum Gasteiger partial charge on any atom is 0.255 e. The maximum absolute atomic E-state index is 13.6. The molecule has 7 nitrogen and oxygen atoms in total. The summed E-state index contributed by atoms with van der Waals surface area (Å²) < 4.78 is 18.9. The number of benzene rings is 1. The highest BCUT2D eigenvalue weighted by atomic mass is 19.1. The van der Waals surface area contributed by atoms with E-state index in [-0.39, 0.29) is 30.1 Å². The van der Waals surface area contributed by atoms with Gasteiger partial charge in [0.05, 0.1) is 13.2 Å². The van der Waals surface area contributed by atoms with Crippen molar-refractivity contribution in [3.8, 4) is 0 Å². The van der Waals surface area contributed by atoms with Gasteiger partial charge < -0.3 is 15.0 Å². The molecule has 0 saturated carbocycles. The van der Waals surface area contributed by atoms with Crippen molar-refractivity contribution in [1.29, 1.82) is 0 Å². The number of carbonyl (C=O) groups excluding carboxylic acids is 1. The van der Waals surface area contributed by atoms with Crippen molar-refractivity contribution in [3.05, 3.63) is 51.2 Å². The molecule has 3 rings (SSSR count). The quantitative estimate of drug-likeness (QED) is 0.835. The van der Waals surface area contributed by atoms with Crippen LogP contribution in [0.1, 0.15) is 23.2 Å². The molecule has 1 aromatic carbocycles. The lowest BCUT2D eigenvalue weighted by Crippen LogP contribution is -2.38. The van der Waals surface area contributed by atoms with Gasteiger partial charge in [0, 0.05) is 36.5 Å².